The number of rotatable bonds is 6. The van der Waals surface area contributed by atoms with Crippen LogP contribution in [0.3, 0.4) is 0 Å². The molecule has 0 bridgehead atoms. The van der Waals surface area contributed by atoms with Crippen LogP contribution in [0.25, 0.3) is 10.6 Å². The highest BCUT2D eigenvalue weighted by Crippen LogP contribution is 2.48. The molecule has 2 heterocycles. The topological polar surface area (TPSA) is 64.4 Å². The maximum atomic E-state index is 12.8. The number of ether oxygens (including phenoxy) is 1. The molecule has 128 valence electrons. The number of nitrogens with zero attached hydrogens (tertiary/aromatic N) is 1. The Labute approximate surface area is 149 Å². The molecule has 0 aliphatic heterocycles. The lowest BCUT2D eigenvalue weighted by molar-refractivity contribution is -0.123. The van der Waals surface area contributed by atoms with E-state index in [1.54, 1.807) is 18.4 Å². The molecule has 1 N–H and O–H groups in total. The van der Waals surface area contributed by atoms with Gasteiger partial charge in [0.05, 0.1) is 23.1 Å². The van der Waals surface area contributed by atoms with Crippen molar-refractivity contribution in [1.29, 1.82) is 0 Å². The predicted octanol–water partition coefficient (Wildman–Crippen LogP) is 3.76. The monoisotopic (exact) mass is 354 g/mol. The van der Waals surface area contributed by atoms with Gasteiger partial charge in [0, 0.05) is 18.2 Å². The van der Waals surface area contributed by atoms with Crippen LogP contribution in [0.2, 0.25) is 0 Å². The van der Waals surface area contributed by atoms with Gasteiger partial charge in [-0.3, -0.25) is 4.79 Å². The molecule has 1 aromatic carbocycles. The SMILES string of the molecule is COc1ccccc1CNC(=O)C1(c2cc(-c3cccs3)on2)CC1. The average Bonchev–Trinajstić information content (AvgIpc) is 3.06. The number of benzene rings is 1. The summed E-state index contributed by atoms with van der Waals surface area (Å²) in [4.78, 5) is 13.8. The number of para-hydroxylation sites is 1. The van der Waals surface area contributed by atoms with Crippen LogP contribution in [0.1, 0.15) is 24.1 Å². The van der Waals surface area contributed by atoms with Gasteiger partial charge in [-0.25, -0.2) is 0 Å². The number of hydrogen-bond acceptors (Lipinski definition) is 5. The molecule has 6 heteroatoms. The van der Waals surface area contributed by atoms with Gasteiger partial charge in [0.25, 0.3) is 0 Å². The maximum Gasteiger partial charge on any atom is 0.232 e. The van der Waals surface area contributed by atoms with E-state index in [-0.39, 0.29) is 5.91 Å². The zero-order valence-electron chi connectivity index (χ0n) is 13.8. The Morgan fingerprint density at radius 3 is 2.88 bits per heavy atom. The van der Waals surface area contributed by atoms with Gasteiger partial charge in [-0.15, -0.1) is 11.3 Å². The third kappa shape index (κ3) is 2.93. The highest BCUT2D eigenvalue weighted by molar-refractivity contribution is 7.13. The van der Waals surface area contributed by atoms with Crippen molar-refractivity contribution in [3.05, 3.63) is 59.1 Å². The third-order valence-corrected chi connectivity index (χ3v) is 5.47. The van der Waals surface area contributed by atoms with Gasteiger partial charge in [0.2, 0.25) is 5.91 Å². The van der Waals surface area contributed by atoms with Gasteiger partial charge in [0.1, 0.15) is 5.75 Å². The van der Waals surface area contributed by atoms with E-state index in [1.165, 1.54) is 0 Å². The smallest absolute Gasteiger partial charge is 0.232 e. The molecule has 1 saturated carbocycles. The third-order valence-electron chi connectivity index (χ3n) is 4.58. The first-order chi connectivity index (χ1) is 12.2. The summed E-state index contributed by atoms with van der Waals surface area (Å²) in [5.74, 6) is 1.48. The quantitative estimate of drug-likeness (QED) is 0.732. The van der Waals surface area contributed by atoms with Crippen LogP contribution in [-0.2, 0) is 16.8 Å². The van der Waals surface area contributed by atoms with Crippen molar-refractivity contribution < 1.29 is 14.1 Å². The number of nitrogens with one attached hydrogen (secondary N) is 1. The molecular formula is C19H18N2O3S. The van der Waals surface area contributed by atoms with Crippen molar-refractivity contribution >= 4 is 17.2 Å². The van der Waals surface area contributed by atoms with Crippen molar-refractivity contribution in [2.75, 3.05) is 7.11 Å². The molecule has 0 atom stereocenters. The van der Waals surface area contributed by atoms with Gasteiger partial charge in [-0.2, -0.15) is 0 Å². The van der Waals surface area contributed by atoms with E-state index in [1.807, 2.05) is 47.8 Å². The fraction of sp³-hybridized carbons (Fsp3) is 0.263. The number of thiophene rings is 1. The summed E-state index contributed by atoms with van der Waals surface area (Å²) in [6.07, 6.45) is 1.59. The second kappa shape index (κ2) is 6.37. The Morgan fingerprint density at radius 2 is 2.16 bits per heavy atom. The first-order valence-electron chi connectivity index (χ1n) is 8.14. The Bertz CT molecular complexity index is 882. The number of carbonyl (C=O) groups is 1. The Balaban J connectivity index is 1.48. The van der Waals surface area contributed by atoms with E-state index >= 15 is 0 Å². The Kier molecular flexibility index (Phi) is 4.05. The van der Waals surface area contributed by atoms with Crippen LogP contribution in [-0.4, -0.2) is 18.2 Å². The minimum absolute atomic E-state index is 0.00978. The number of amides is 1. The van der Waals surface area contributed by atoms with Crippen LogP contribution >= 0.6 is 11.3 Å². The number of hydrogen-bond donors (Lipinski definition) is 1. The molecule has 1 amide bonds. The summed E-state index contributed by atoms with van der Waals surface area (Å²) in [6, 6.07) is 13.5. The zero-order valence-corrected chi connectivity index (χ0v) is 14.6. The summed E-state index contributed by atoms with van der Waals surface area (Å²) in [5, 5.41) is 9.17. The Morgan fingerprint density at radius 1 is 1.32 bits per heavy atom. The van der Waals surface area contributed by atoms with Gasteiger partial charge in [-0.1, -0.05) is 29.4 Å². The summed E-state index contributed by atoms with van der Waals surface area (Å²) >= 11 is 1.59. The van der Waals surface area contributed by atoms with Crippen LogP contribution < -0.4 is 10.1 Å². The number of methoxy groups -OCH3 is 1. The molecule has 2 aromatic heterocycles. The van der Waals surface area contributed by atoms with Crippen LogP contribution in [0.5, 0.6) is 5.75 Å². The summed E-state index contributed by atoms with van der Waals surface area (Å²) in [5.41, 5.74) is 1.11. The predicted molar refractivity (Wildman–Crippen MR) is 95.6 cm³/mol. The molecular weight excluding hydrogens is 336 g/mol. The normalized spacial score (nSPS) is 14.9. The highest BCUT2D eigenvalue weighted by atomic mass is 32.1. The van der Waals surface area contributed by atoms with E-state index in [9.17, 15) is 4.79 Å². The lowest BCUT2D eigenvalue weighted by atomic mass is 10.0. The second-order valence-corrected chi connectivity index (χ2v) is 7.08. The molecule has 0 spiro atoms. The van der Waals surface area contributed by atoms with Crippen molar-refractivity contribution in [2.24, 2.45) is 0 Å². The fourth-order valence-electron chi connectivity index (χ4n) is 2.95. The van der Waals surface area contributed by atoms with E-state index in [0.717, 1.165) is 29.0 Å². The minimum atomic E-state index is -0.555. The lowest BCUT2D eigenvalue weighted by Gasteiger charge is -2.14. The summed E-state index contributed by atoms with van der Waals surface area (Å²) in [6.45, 7) is 0.431. The average molecular weight is 354 g/mol. The largest absolute Gasteiger partial charge is 0.496 e. The van der Waals surface area contributed by atoms with Gasteiger partial charge in [0.15, 0.2) is 5.76 Å². The fourth-order valence-corrected chi connectivity index (χ4v) is 3.63. The zero-order chi connectivity index (χ0) is 17.3. The van der Waals surface area contributed by atoms with E-state index in [4.69, 9.17) is 9.26 Å². The molecule has 25 heavy (non-hydrogen) atoms. The van der Waals surface area contributed by atoms with E-state index in [2.05, 4.69) is 10.5 Å². The van der Waals surface area contributed by atoms with Crippen LogP contribution in [0.4, 0.5) is 0 Å². The van der Waals surface area contributed by atoms with Crippen molar-refractivity contribution in [3.8, 4) is 16.4 Å². The number of carbonyl (C=O) groups excluding carboxylic acids is 1. The van der Waals surface area contributed by atoms with Gasteiger partial charge >= 0.3 is 0 Å². The maximum absolute atomic E-state index is 12.8. The molecule has 1 fully saturated rings. The van der Waals surface area contributed by atoms with Crippen LogP contribution in [0, 0.1) is 0 Å². The van der Waals surface area contributed by atoms with Gasteiger partial charge in [-0.05, 0) is 30.4 Å². The standard InChI is InChI=1S/C19H18N2O3S/c1-23-14-6-3-2-5-13(14)12-20-18(22)19(8-9-19)17-11-15(24-21-17)16-7-4-10-25-16/h2-7,10-11H,8-9,12H2,1H3,(H,20,22). The van der Waals surface area contributed by atoms with E-state index in [0.29, 0.717) is 18.0 Å². The summed E-state index contributed by atoms with van der Waals surface area (Å²) in [7, 11) is 1.63. The molecule has 1 aliphatic rings. The minimum Gasteiger partial charge on any atom is -0.496 e. The summed E-state index contributed by atoms with van der Waals surface area (Å²) < 4.78 is 10.8. The molecule has 4 rings (SSSR count). The van der Waals surface area contributed by atoms with Crippen LogP contribution in [0.15, 0.2) is 52.4 Å². The number of aromatic nitrogens is 1. The van der Waals surface area contributed by atoms with Gasteiger partial charge < -0.3 is 14.6 Å². The molecule has 0 radical (unpaired) electrons. The molecule has 3 aromatic rings. The molecule has 5 nitrogen and oxygen atoms in total. The first-order valence-corrected chi connectivity index (χ1v) is 9.02. The van der Waals surface area contributed by atoms with Crippen molar-refractivity contribution in [3.63, 3.8) is 0 Å². The highest BCUT2D eigenvalue weighted by Gasteiger charge is 2.53. The van der Waals surface area contributed by atoms with Crippen molar-refractivity contribution in [1.82, 2.24) is 10.5 Å². The van der Waals surface area contributed by atoms with E-state index < -0.39 is 5.41 Å². The molecule has 0 unspecified atom stereocenters. The first kappa shape index (κ1) is 15.9. The van der Waals surface area contributed by atoms with Crippen molar-refractivity contribution in [2.45, 2.75) is 24.8 Å². The Hall–Kier alpha value is -2.60. The molecule has 1 aliphatic carbocycles. The second-order valence-electron chi connectivity index (χ2n) is 6.13. The lowest BCUT2D eigenvalue weighted by Crippen LogP contribution is -2.34. The molecule has 0 saturated heterocycles.